The highest BCUT2D eigenvalue weighted by molar-refractivity contribution is 5.16. The molecule has 1 fully saturated rings. The Morgan fingerprint density at radius 2 is 1.94 bits per heavy atom. The molecule has 1 aromatic rings. The molecule has 0 saturated carbocycles. The first-order valence-electron chi connectivity index (χ1n) is 6.46. The average Bonchev–Trinajstić information content (AvgIpc) is 2.31. The molecule has 0 aromatic heterocycles. The smallest absolute Gasteiger partial charge is 0.0121 e. The van der Waals surface area contributed by atoms with E-state index >= 15 is 0 Å². The molecule has 0 spiro atoms. The molecule has 1 aromatic carbocycles. The van der Waals surface area contributed by atoms with Gasteiger partial charge in [-0.1, -0.05) is 50.6 Å². The fourth-order valence-electron chi connectivity index (χ4n) is 2.76. The van der Waals surface area contributed by atoms with Crippen molar-refractivity contribution in [2.75, 3.05) is 6.54 Å². The summed E-state index contributed by atoms with van der Waals surface area (Å²) in [6.45, 7) is 5.98. The van der Waals surface area contributed by atoms with Gasteiger partial charge < -0.3 is 5.32 Å². The van der Waals surface area contributed by atoms with E-state index in [0.29, 0.717) is 11.5 Å². The van der Waals surface area contributed by atoms with Gasteiger partial charge >= 0.3 is 0 Å². The van der Waals surface area contributed by atoms with Crippen LogP contribution in [0.2, 0.25) is 0 Å². The van der Waals surface area contributed by atoms with E-state index in [1.54, 1.807) is 0 Å². The lowest BCUT2D eigenvalue weighted by molar-refractivity contribution is 0.202. The summed E-state index contributed by atoms with van der Waals surface area (Å²) in [6, 6.07) is 11.5. The van der Waals surface area contributed by atoms with Gasteiger partial charge in [-0.05, 0) is 36.8 Å². The van der Waals surface area contributed by atoms with Gasteiger partial charge in [-0.15, -0.1) is 0 Å². The van der Waals surface area contributed by atoms with Crippen LogP contribution in [0.5, 0.6) is 0 Å². The molecule has 1 unspecified atom stereocenters. The van der Waals surface area contributed by atoms with Gasteiger partial charge in [-0.25, -0.2) is 0 Å². The highest BCUT2D eigenvalue weighted by atomic mass is 14.9. The molecule has 1 atom stereocenters. The van der Waals surface area contributed by atoms with E-state index in [-0.39, 0.29) is 0 Å². The highest BCUT2D eigenvalue weighted by Crippen LogP contribution is 2.30. The molecule has 0 amide bonds. The van der Waals surface area contributed by atoms with Crippen molar-refractivity contribution in [1.29, 1.82) is 0 Å². The zero-order valence-corrected chi connectivity index (χ0v) is 10.5. The van der Waals surface area contributed by atoms with Crippen LogP contribution >= 0.6 is 0 Å². The van der Waals surface area contributed by atoms with E-state index in [1.807, 2.05) is 0 Å². The van der Waals surface area contributed by atoms with Crippen LogP contribution in [-0.2, 0) is 6.42 Å². The van der Waals surface area contributed by atoms with Gasteiger partial charge in [-0.3, -0.25) is 0 Å². The monoisotopic (exact) mass is 217 g/mol. The zero-order valence-electron chi connectivity index (χ0n) is 10.5. The summed E-state index contributed by atoms with van der Waals surface area (Å²) < 4.78 is 0. The summed E-state index contributed by atoms with van der Waals surface area (Å²) in [5, 5.41) is 3.68. The predicted molar refractivity (Wildman–Crippen MR) is 69.6 cm³/mol. The van der Waals surface area contributed by atoms with Crippen LogP contribution in [-0.4, -0.2) is 12.6 Å². The Morgan fingerprint density at radius 1 is 1.19 bits per heavy atom. The third kappa shape index (κ3) is 2.85. The van der Waals surface area contributed by atoms with E-state index in [4.69, 9.17) is 0 Å². The van der Waals surface area contributed by atoms with E-state index in [2.05, 4.69) is 49.5 Å². The maximum atomic E-state index is 3.68. The molecule has 1 aliphatic heterocycles. The minimum atomic E-state index is 0.363. The third-order valence-corrected chi connectivity index (χ3v) is 3.76. The third-order valence-electron chi connectivity index (χ3n) is 3.76. The van der Waals surface area contributed by atoms with Gasteiger partial charge in [0, 0.05) is 6.04 Å². The number of rotatable bonds is 3. The Balaban J connectivity index is 2.01. The average molecular weight is 217 g/mol. The van der Waals surface area contributed by atoms with Crippen molar-refractivity contribution in [3.63, 3.8) is 0 Å². The summed E-state index contributed by atoms with van der Waals surface area (Å²) in [4.78, 5) is 0. The van der Waals surface area contributed by atoms with Crippen LogP contribution in [0.4, 0.5) is 0 Å². The molecule has 2 rings (SSSR count). The molecule has 0 bridgehead atoms. The van der Waals surface area contributed by atoms with Crippen LogP contribution in [0.15, 0.2) is 30.3 Å². The lowest BCUT2D eigenvalue weighted by atomic mass is 9.76. The first kappa shape index (κ1) is 11.7. The highest BCUT2D eigenvalue weighted by Gasteiger charge is 2.30. The minimum Gasteiger partial charge on any atom is -0.313 e. The van der Waals surface area contributed by atoms with Crippen molar-refractivity contribution >= 4 is 0 Å². The van der Waals surface area contributed by atoms with Crippen LogP contribution in [0.25, 0.3) is 0 Å². The van der Waals surface area contributed by atoms with Gasteiger partial charge in [0.2, 0.25) is 0 Å². The molecular formula is C15H23N. The Hall–Kier alpha value is -0.820. The molecular weight excluding hydrogens is 194 g/mol. The number of nitrogens with one attached hydrogen (secondary N) is 1. The quantitative estimate of drug-likeness (QED) is 0.818. The summed E-state index contributed by atoms with van der Waals surface area (Å²) in [7, 11) is 0. The van der Waals surface area contributed by atoms with Crippen molar-refractivity contribution in [2.45, 2.75) is 45.6 Å². The maximum Gasteiger partial charge on any atom is 0.0121 e. The molecule has 1 heteroatoms. The second-order valence-corrected chi connectivity index (χ2v) is 5.65. The van der Waals surface area contributed by atoms with Gasteiger partial charge in [-0.2, -0.15) is 0 Å². The fraction of sp³-hybridized carbons (Fsp3) is 0.600. The summed E-state index contributed by atoms with van der Waals surface area (Å²) in [5.41, 5.74) is 1.82. The van der Waals surface area contributed by atoms with Crippen LogP contribution in [0.3, 0.4) is 0 Å². The predicted octanol–water partition coefficient (Wildman–Crippen LogP) is 3.40. The van der Waals surface area contributed by atoms with E-state index in [0.717, 1.165) is 0 Å². The van der Waals surface area contributed by atoms with E-state index < -0.39 is 0 Å². The fourth-order valence-corrected chi connectivity index (χ4v) is 2.76. The van der Waals surface area contributed by atoms with Gasteiger partial charge in [0.25, 0.3) is 0 Å². The molecule has 1 heterocycles. The maximum absolute atomic E-state index is 3.68. The Bertz CT molecular complexity index is 309. The van der Waals surface area contributed by atoms with Crippen molar-refractivity contribution in [2.24, 2.45) is 5.41 Å². The second-order valence-electron chi connectivity index (χ2n) is 5.65. The minimum absolute atomic E-state index is 0.363. The largest absolute Gasteiger partial charge is 0.313 e. The summed E-state index contributed by atoms with van der Waals surface area (Å²) in [5.74, 6) is 0. The molecule has 1 saturated heterocycles. The topological polar surface area (TPSA) is 12.0 Å². The Labute approximate surface area is 99.3 Å². The lowest BCUT2D eigenvalue weighted by Gasteiger charge is -2.38. The number of piperidine rings is 1. The molecule has 88 valence electrons. The molecule has 0 radical (unpaired) electrons. The molecule has 16 heavy (non-hydrogen) atoms. The van der Waals surface area contributed by atoms with Crippen molar-refractivity contribution < 1.29 is 0 Å². The lowest BCUT2D eigenvalue weighted by Crippen LogP contribution is -2.45. The van der Waals surface area contributed by atoms with Crippen LogP contribution < -0.4 is 5.32 Å². The molecule has 1 N–H and O–H groups in total. The van der Waals surface area contributed by atoms with Crippen molar-refractivity contribution in [3.05, 3.63) is 35.9 Å². The SMILES string of the molecule is CC(C)(Cc1ccccc1)C1CCCCN1. The summed E-state index contributed by atoms with van der Waals surface area (Å²) in [6.07, 6.45) is 5.24. The van der Waals surface area contributed by atoms with E-state index in [1.165, 1.54) is 37.8 Å². The number of hydrogen-bond donors (Lipinski definition) is 1. The van der Waals surface area contributed by atoms with Gasteiger partial charge in [0.05, 0.1) is 0 Å². The van der Waals surface area contributed by atoms with Gasteiger partial charge in [0.15, 0.2) is 0 Å². The molecule has 1 aliphatic rings. The standard InChI is InChI=1S/C15H23N/c1-15(2,14-10-6-7-11-16-14)12-13-8-4-3-5-9-13/h3-5,8-9,14,16H,6-7,10-12H2,1-2H3. The molecule has 0 aliphatic carbocycles. The second kappa shape index (κ2) is 5.01. The van der Waals surface area contributed by atoms with Crippen LogP contribution in [0, 0.1) is 5.41 Å². The van der Waals surface area contributed by atoms with Crippen LogP contribution in [0.1, 0.15) is 38.7 Å². The molecule has 1 nitrogen and oxygen atoms in total. The Kier molecular flexibility index (Phi) is 3.65. The number of benzene rings is 1. The first-order valence-corrected chi connectivity index (χ1v) is 6.46. The van der Waals surface area contributed by atoms with Gasteiger partial charge in [0.1, 0.15) is 0 Å². The van der Waals surface area contributed by atoms with Crippen molar-refractivity contribution in [3.8, 4) is 0 Å². The zero-order chi connectivity index (χ0) is 11.4. The summed E-state index contributed by atoms with van der Waals surface area (Å²) >= 11 is 0. The normalized spacial score (nSPS) is 22.0. The van der Waals surface area contributed by atoms with E-state index in [9.17, 15) is 0 Å². The first-order chi connectivity index (χ1) is 7.68. The number of hydrogen-bond acceptors (Lipinski definition) is 1. The van der Waals surface area contributed by atoms with Crippen molar-refractivity contribution in [1.82, 2.24) is 5.32 Å². The Morgan fingerprint density at radius 3 is 2.56 bits per heavy atom.